The predicted octanol–water partition coefficient (Wildman–Crippen LogP) is 2.63. The third-order valence-corrected chi connectivity index (χ3v) is 4.54. The summed E-state index contributed by atoms with van der Waals surface area (Å²) in [5.74, 6) is -1.33. The predicted molar refractivity (Wildman–Crippen MR) is 66.3 cm³/mol. The quantitative estimate of drug-likeness (QED) is 0.680. The largest absolute Gasteiger partial charge is 0.402 e. The van der Waals surface area contributed by atoms with Crippen LogP contribution in [0.5, 0.6) is 0 Å². The summed E-state index contributed by atoms with van der Waals surface area (Å²) >= 11 is 5.45. The molecule has 0 aromatic heterocycles. The van der Waals surface area contributed by atoms with Crippen LogP contribution >= 0.6 is 11.6 Å². The van der Waals surface area contributed by atoms with Crippen molar-refractivity contribution in [3.05, 3.63) is 23.0 Å². The van der Waals surface area contributed by atoms with Crippen LogP contribution in [0.4, 0.5) is 23.2 Å². The van der Waals surface area contributed by atoms with E-state index in [-0.39, 0.29) is 9.99 Å². The normalized spacial score (nSPS) is 12.9. The van der Waals surface area contributed by atoms with Crippen LogP contribution in [0.2, 0.25) is 5.02 Å². The maximum atomic E-state index is 13.7. The summed E-state index contributed by atoms with van der Waals surface area (Å²) in [5, 5.41) is -0.577. The molecule has 0 bridgehead atoms. The molecular formula is C10H11ClF4N2O2S. The Morgan fingerprint density at radius 3 is 2.35 bits per heavy atom. The fraction of sp³-hybridized carbons (Fsp3) is 0.400. The molecule has 0 heterocycles. The second kappa shape index (κ2) is 5.74. The number of halogens is 5. The highest BCUT2D eigenvalue weighted by Crippen LogP contribution is 2.29. The molecule has 0 amide bonds. The Labute approximate surface area is 118 Å². The SMILES string of the molecule is CCN(CC(F)(F)F)S(=O)(=O)c1cc(N)cc(Cl)c1F. The fourth-order valence-electron chi connectivity index (χ4n) is 1.48. The molecule has 0 radical (unpaired) electrons. The first-order chi connectivity index (χ1) is 8.99. The van der Waals surface area contributed by atoms with E-state index in [2.05, 4.69) is 0 Å². The van der Waals surface area contributed by atoms with Gasteiger partial charge in [0.2, 0.25) is 10.0 Å². The number of alkyl halides is 3. The number of nitrogen functional groups attached to an aromatic ring is 1. The van der Waals surface area contributed by atoms with Gasteiger partial charge >= 0.3 is 6.18 Å². The van der Waals surface area contributed by atoms with Gasteiger partial charge in [0.05, 0.1) is 5.02 Å². The molecule has 114 valence electrons. The third-order valence-electron chi connectivity index (χ3n) is 2.34. The zero-order valence-corrected chi connectivity index (χ0v) is 11.8. The molecule has 1 rings (SSSR count). The summed E-state index contributed by atoms with van der Waals surface area (Å²) in [4.78, 5) is -0.978. The zero-order chi connectivity index (χ0) is 15.7. The van der Waals surface area contributed by atoms with Crippen LogP contribution in [0, 0.1) is 5.82 Å². The van der Waals surface area contributed by atoms with Gasteiger partial charge in [-0.15, -0.1) is 0 Å². The second-order valence-electron chi connectivity index (χ2n) is 3.86. The summed E-state index contributed by atoms with van der Waals surface area (Å²) in [6, 6.07) is 1.70. The second-order valence-corrected chi connectivity index (χ2v) is 6.17. The van der Waals surface area contributed by atoms with Crippen LogP contribution in [0.15, 0.2) is 17.0 Å². The standard InChI is InChI=1S/C10H11ClF4N2O2S/c1-2-17(5-10(13,14)15)20(18,19)8-4-6(16)3-7(11)9(8)12/h3-4H,2,5,16H2,1H3. The average Bonchev–Trinajstić information content (AvgIpc) is 2.29. The molecule has 0 aliphatic carbocycles. The molecule has 0 aliphatic heterocycles. The maximum Gasteiger partial charge on any atom is 0.402 e. The minimum Gasteiger partial charge on any atom is -0.399 e. The van der Waals surface area contributed by atoms with Gasteiger partial charge in [-0.1, -0.05) is 18.5 Å². The lowest BCUT2D eigenvalue weighted by molar-refractivity contribution is -0.135. The van der Waals surface area contributed by atoms with Gasteiger partial charge < -0.3 is 5.73 Å². The average molecular weight is 335 g/mol. The van der Waals surface area contributed by atoms with Crippen molar-refractivity contribution in [1.82, 2.24) is 4.31 Å². The number of anilines is 1. The number of hydrogen-bond donors (Lipinski definition) is 1. The van der Waals surface area contributed by atoms with E-state index in [1.54, 1.807) is 0 Å². The van der Waals surface area contributed by atoms with E-state index >= 15 is 0 Å². The summed E-state index contributed by atoms with van der Waals surface area (Å²) in [6.45, 7) is -1.000. The minimum atomic E-state index is -4.75. The topological polar surface area (TPSA) is 63.4 Å². The van der Waals surface area contributed by atoms with Crippen LogP contribution in [0.3, 0.4) is 0 Å². The number of benzene rings is 1. The third kappa shape index (κ3) is 3.74. The lowest BCUT2D eigenvalue weighted by Crippen LogP contribution is -2.39. The molecule has 0 atom stereocenters. The Morgan fingerprint density at radius 1 is 1.35 bits per heavy atom. The summed E-state index contributed by atoms with van der Waals surface area (Å²) in [6.07, 6.45) is -4.75. The van der Waals surface area contributed by atoms with Gasteiger partial charge in [0.1, 0.15) is 11.4 Å². The van der Waals surface area contributed by atoms with E-state index in [4.69, 9.17) is 17.3 Å². The summed E-state index contributed by atoms with van der Waals surface area (Å²) in [7, 11) is -4.69. The van der Waals surface area contributed by atoms with Gasteiger partial charge in [0, 0.05) is 12.2 Å². The monoisotopic (exact) mass is 334 g/mol. The number of rotatable bonds is 4. The van der Waals surface area contributed by atoms with E-state index in [1.165, 1.54) is 6.92 Å². The highest BCUT2D eigenvalue weighted by Gasteiger charge is 2.37. The Morgan fingerprint density at radius 2 is 1.90 bits per heavy atom. The van der Waals surface area contributed by atoms with Crippen molar-refractivity contribution in [2.24, 2.45) is 0 Å². The van der Waals surface area contributed by atoms with Gasteiger partial charge in [-0.2, -0.15) is 17.5 Å². The summed E-state index contributed by atoms with van der Waals surface area (Å²) in [5.41, 5.74) is 5.17. The van der Waals surface area contributed by atoms with Crippen LogP contribution < -0.4 is 5.73 Å². The first kappa shape index (κ1) is 17.0. The number of sulfonamides is 1. The van der Waals surface area contributed by atoms with Crippen molar-refractivity contribution >= 4 is 27.3 Å². The fourth-order valence-corrected chi connectivity index (χ4v) is 3.32. The number of nitrogens with zero attached hydrogens (tertiary/aromatic N) is 1. The Balaban J connectivity index is 3.35. The molecule has 0 saturated heterocycles. The van der Waals surface area contributed by atoms with E-state index < -0.39 is 45.0 Å². The molecule has 0 fully saturated rings. The number of hydrogen-bond acceptors (Lipinski definition) is 3. The molecule has 10 heteroatoms. The van der Waals surface area contributed by atoms with Crippen LogP contribution in [-0.2, 0) is 10.0 Å². The molecular weight excluding hydrogens is 324 g/mol. The zero-order valence-electron chi connectivity index (χ0n) is 10.2. The van der Waals surface area contributed by atoms with E-state index in [1.807, 2.05) is 0 Å². The molecule has 1 aromatic rings. The Hall–Kier alpha value is -1.06. The molecule has 0 aliphatic rings. The molecule has 20 heavy (non-hydrogen) atoms. The number of nitrogens with two attached hydrogens (primary N) is 1. The maximum absolute atomic E-state index is 13.7. The first-order valence-electron chi connectivity index (χ1n) is 5.30. The van der Waals surface area contributed by atoms with Gasteiger partial charge in [0.25, 0.3) is 0 Å². The first-order valence-corrected chi connectivity index (χ1v) is 7.12. The smallest absolute Gasteiger partial charge is 0.399 e. The van der Waals surface area contributed by atoms with Gasteiger partial charge in [-0.05, 0) is 12.1 Å². The molecule has 0 unspecified atom stereocenters. The molecule has 1 aromatic carbocycles. The van der Waals surface area contributed by atoms with Gasteiger partial charge in [0.15, 0.2) is 5.82 Å². The van der Waals surface area contributed by atoms with Crippen LogP contribution in [0.25, 0.3) is 0 Å². The molecule has 0 spiro atoms. The van der Waals surface area contributed by atoms with Crippen LogP contribution in [-0.4, -0.2) is 32.0 Å². The Bertz CT molecular complexity index is 604. The minimum absolute atomic E-state index is 0.0984. The van der Waals surface area contributed by atoms with E-state index in [9.17, 15) is 26.0 Å². The van der Waals surface area contributed by atoms with Gasteiger partial charge in [-0.3, -0.25) is 0 Å². The molecule has 0 saturated carbocycles. The van der Waals surface area contributed by atoms with Crippen molar-refractivity contribution in [2.45, 2.75) is 18.0 Å². The van der Waals surface area contributed by atoms with Crippen molar-refractivity contribution in [3.63, 3.8) is 0 Å². The summed E-state index contributed by atoms with van der Waals surface area (Å²) < 4.78 is 74.9. The highest BCUT2D eigenvalue weighted by atomic mass is 35.5. The lowest BCUT2D eigenvalue weighted by Gasteiger charge is -2.22. The van der Waals surface area contributed by atoms with Crippen molar-refractivity contribution in [3.8, 4) is 0 Å². The van der Waals surface area contributed by atoms with Crippen molar-refractivity contribution < 1.29 is 26.0 Å². The van der Waals surface area contributed by atoms with Crippen molar-refractivity contribution in [2.75, 3.05) is 18.8 Å². The van der Waals surface area contributed by atoms with E-state index in [0.717, 1.165) is 12.1 Å². The molecule has 4 nitrogen and oxygen atoms in total. The van der Waals surface area contributed by atoms with Crippen LogP contribution in [0.1, 0.15) is 6.92 Å². The molecule has 2 N–H and O–H groups in total. The van der Waals surface area contributed by atoms with Gasteiger partial charge in [-0.25, -0.2) is 12.8 Å². The Kier molecular flexibility index (Phi) is 4.88. The van der Waals surface area contributed by atoms with E-state index in [0.29, 0.717) is 0 Å². The lowest BCUT2D eigenvalue weighted by atomic mass is 10.3. The highest BCUT2D eigenvalue weighted by molar-refractivity contribution is 7.89. The van der Waals surface area contributed by atoms with Crippen molar-refractivity contribution in [1.29, 1.82) is 0 Å².